The van der Waals surface area contributed by atoms with E-state index in [-0.39, 0.29) is 49.3 Å². The van der Waals surface area contributed by atoms with Crippen LogP contribution in [0.3, 0.4) is 0 Å². The van der Waals surface area contributed by atoms with E-state index in [1.165, 1.54) is 22.0 Å². The first kappa shape index (κ1) is 18.0. The summed E-state index contributed by atoms with van der Waals surface area (Å²) in [6.45, 7) is 0.820. The third-order valence-electron chi connectivity index (χ3n) is 4.66. The second-order valence-corrected chi connectivity index (χ2v) is 6.55. The highest BCUT2D eigenvalue weighted by Gasteiger charge is 2.32. The Balaban J connectivity index is 1.72. The normalized spacial score (nSPS) is 20.7. The lowest BCUT2D eigenvalue weighted by Crippen LogP contribution is -2.47. The molecule has 1 saturated heterocycles. The number of benzene rings is 1. The van der Waals surface area contributed by atoms with Crippen molar-refractivity contribution >= 4 is 23.5 Å². The van der Waals surface area contributed by atoms with Crippen LogP contribution in [0.2, 0.25) is 0 Å². The van der Waals surface area contributed by atoms with Crippen LogP contribution in [0.4, 0.5) is 4.39 Å². The maximum absolute atomic E-state index is 13.0. The third kappa shape index (κ3) is 4.07. The van der Waals surface area contributed by atoms with Crippen LogP contribution in [-0.4, -0.2) is 51.6 Å². The molecule has 1 fully saturated rings. The van der Waals surface area contributed by atoms with Crippen molar-refractivity contribution in [2.45, 2.75) is 32.2 Å². The number of carboxylic acids is 1. The van der Waals surface area contributed by atoms with Crippen LogP contribution in [0.1, 0.15) is 31.2 Å². The van der Waals surface area contributed by atoms with Gasteiger partial charge in [0, 0.05) is 25.9 Å². The number of carboxylic acid groups (broad SMARTS) is 1. The molecule has 3 rings (SSSR count). The van der Waals surface area contributed by atoms with E-state index in [0.717, 1.165) is 0 Å². The second-order valence-electron chi connectivity index (χ2n) is 6.55. The number of nitrogens with zero attached hydrogens (tertiary/aromatic N) is 3. The molecule has 0 spiro atoms. The Labute approximate surface area is 150 Å². The van der Waals surface area contributed by atoms with Crippen molar-refractivity contribution in [1.82, 2.24) is 9.91 Å². The quantitative estimate of drug-likeness (QED) is 0.882. The summed E-state index contributed by atoms with van der Waals surface area (Å²) in [5.41, 5.74) is 0.971. The number of hydrogen-bond acceptors (Lipinski definition) is 4. The van der Waals surface area contributed by atoms with E-state index in [0.29, 0.717) is 24.9 Å². The van der Waals surface area contributed by atoms with Crippen molar-refractivity contribution in [2.24, 2.45) is 11.0 Å². The summed E-state index contributed by atoms with van der Waals surface area (Å²) in [6, 6.07) is 5.74. The summed E-state index contributed by atoms with van der Waals surface area (Å²) in [4.78, 5) is 37.5. The number of amides is 2. The van der Waals surface area contributed by atoms with Crippen LogP contribution in [0.25, 0.3) is 0 Å². The van der Waals surface area contributed by atoms with Crippen LogP contribution in [-0.2, 0) is 20.9 Å². The van der Waals surface area contributed by atoms with Crippen molar-refractivity contribution in [1.29, 1.82) is 0 Å². The fourth-order valence-corrected chi connectivity index (χ4v) is 3.19. The molecular formula is C18H20FN3O4. The molecule has 8 heteroatoms. The van der Waals surface area contributed by atoms with E-state index in [1.807, 2.05) is 0 Å². The summed E-state index contributed by atoms with van der Waals surface area (Å²) in [7, 11) is 0. The van der Waals surface area contributed by atoms with Gasteiger partial charge in [-0.25, -0.2) is 9.40 Å². The van der Waals surface area contributed by atoms with Gasteiger partial charge in [0.2, 0.25) is 5.91 Å². The Bertz CT molecular complexity index is 747. The molecule has 2 aliphatic heterocycles. The molecule has 2 heterocycles. The molecule has 1 atom stereocenters. The number of carbonyl (C=O) groups is 3. The molecule has 138 valence electrons. The van der Waals surface area contributed by atoms with Crippen LogP contribution >= 0.6 is 0 Å². The molecule has 1 aromatic rings. The van der Waals surface area contributed by atoms with E-state index in [4.69, 9.17) is 5.11 Å². The predicted molar refractivity (Wildman–Crippen MR) is 90.6 cm³/mol. The molecule has 0 saturated carbocycles. The minimum atomic E-state index is -0.902. The highest BCUT2D eigenvalue weighted by Crippen LogP contribution is 2.20. The summed E-state index contributed by atoms with van der Waals surface area (Å²) in [6.07, 6.45) is 1.60. The smallest absolute Gasteiger partial charge is 0.308 e. The lowest BCUT2D eigenvalue weighted by molar-refractivity contribution is -0.144. The Morgan fingerprint density at radius 3 is 2.65 bits per heavy atom. The maximum atomic E-state index is 13.0. The molecule has 1 aromatic carbocycles. The topological polar surface area (TPSA) is 90.3 Å². The Morgan fingerprint density at radius 2 is 1.96 bits per heavy atom. The Kier molecular flexibility index (Phi) is 5.29. The second kappa shape index (κ2) is 7.63. The molecular weight excluding hydrogens is 341 g/mol. The molecule has 26 heavy (non-hydrogen) atoms. The fraction of sp³-hybridized carbons (Fsp3) is 0.444. The number of piperidine rings is 1. The minimum absolute atomic E-state index is 0.160. The van der Waals surface area contributed by atoms with Gasteiger partial charge in [0.05, 0.1) is 12.5 Å². The molecule has 0 radical (unpaired) electrons. The lowest BCUT2D eigenvalue weighted by Gasteiger charge is -2.32. The van der Waals surface area contributed by atoms with Crippen molar-refractivity contribution in [3.05, 3.63) is 35.6 Å². The van der Waals surface area contributed by atoms with E-state index in [9.17, 15) is 18.8 Å². The zero-order valence-electron chi connectivity index (χ0n) is 14.2. The zero-order chi connectivity index (χ0) is 18.7. The monoisotopic (exact) mass is 361 g/mol. The van der Waals surface area contributed by atoms with Crippen molar-refractivity contribution < 1.29 is 23.9 Å². The summed E-state index contributed by atoms with van der Waals surface area (Å²) in [5, 5.41) is 14.6. The largest absolute Gasteiger partial charge is 0.481 e. The van der Waals surface area contributed by atoms with E-state index >= 15 is 0 Å². The maximum Gasteiger partial charge on any atom is 0.308 e. The van der Waals surface area contributed by atoms with Crippen LogP contribution in [0, 0.1) is 11.7 Å². The van der Waals surface area contributed by atoms with Crippen molar-refractivity contribution in [3.8, 4) is 0 Å². The lowest BCUT2D eigenvalue weighted by atomic mass is 9.97. The van der Waals surface area contributed by atoms with Gasteiger partial charge >= 0.3 is 5.97 Å². The summed E-state index contributed by atoms with van der Waals surface area (Å²) >= 11 is 0. The number of halogens is 1. The van der Waals surface area contributed by atoms with E-state index in [1.54, 1.807) is 12.1 Å². The fourth-order valence-electron chi connectivity index (χ4n) is 3.19. The number of likely N-dealkylation sites (tertiary alicyclic amines) is 1. The van der Waals surface area contributed by atoms with Crippen molar-refractivity contribution in [2.75, 3.05) is 13.1 Å². The average molecular weight is 361 g/mol. The van der Waals surface area contributed by atoms with Crippen molar-refractivity contribution in [3.63, 3.8) is 0 Å². The third-order valence-corrected chi connectivity index (χ3v) is 4.66. The summed E-state index contributed by atoms with van der Waals surface area (Å²) in [5.74, 6) is -2.34. The molecule has 2 aliphatic rings. The number of rotatable bonds is 4. The number of carbonyl (C=O) groups excluding carboxylic acids is 2. The number of hydrazone groups is 1. The van der Waals surface area contributed by atoms with Crippen LogP contribution < -0.4 is 0 Å². The summed E-state index contributed by atoms with van der Waals surface area (Å²) < 4.78 is 13.0. The molecule has 7 nitrogen and oxygen atoms in total. The molecule has 1 unspecified atom stereocenters. The van der Waals surface area contributed by atoms with E-state index < -0.39 is 11.9 Å². The van der Waals surface area contributed by atoms with Gasteiger partial charge in [-0.1, -0.05) is 12.1 Å². The first-order valence-electron chi connectivity index (χ1n) is 8.58. The van der Waals surface area contributed by atoms with Gasteiger partial charge in [-0.15, -0.1) is 0 Å². The van der Waals surface area contributed by atoms with E-state index in [2.05, 4.69) is 5.10 Å². The highest BCUT2D eigenvalue weighted by atomic mass is 19.1. The van der Waals surface area contributed by atoms with Gasteiger partial charge in [-0.2, -0.15) is 5.10 Å². The molecule has 0 bridgehead atoms. The Hall–Kier alpha value is -2.77. The van der Waals surface area contributed by atoms with Gasteiger partial charge in [-0.05, 0) is 30.5 Å². The zero-order valence-corrected chi connectivity index (χ0v) is 14.2. The molecule has 0 aliphatic carbocycles. The standard InChI is InChI=1S/C18H20FN3O4/c19-14-5-3-12(4-6-14)10-22-16(23)8-7-15(20-22)17(24)21-9-1-2-13(11-21)18(25)26/h3-6,13H,1-2,7-11H2,(H,25,26). The molecule has 0 aromatic heterocycles. The first-order chi connectivity index (χ1) is 12.4. The van der Waals surface area contributed by atoms with Gasteiger partial charge in [0.25, 0.3) is 5.91 Å². The predicted octanol–water partition coefficient (Wildman–Crippen LogP) is 1.63. The van der Waals surface area contributed by atoms with Gasteiger partial charge < -0.3 is 10.0 Å². The minimum Gasteiger partial charge on any atom is -0.481 e. The highest BCUT2D eigenvalue weighted by molar-refractivity contribution is 6.39. The van der Waals surface area contributed by atoms with Gasteiger partial charge in [-0.3, -0.25) is 14.4 Å². The first-order valence-corrected chi connectivity index (χ1v) is 8.58. The molecule has 2 amide bonds. The van der Waals surface area contributed by atoms with Gasteiger partial charge in [0.1, 0.15) is 11.5 Å². The average Bonchev–Trinajstić information content (AvgIpc) is 2.65. The van der Waals surface area contributed by atoms with Gasteiger partial charge in [0.15, 0.2) is 0 Å². The van der Waals surface area contributed by atoms with Crippen LogP contribution in [0.15, 0.2) is 29.4 Å². The number of hydrogen-bond donors (Lipinski definition) is 1. The SMILES string of the molecule is O=C(O)C1CCCN(C(=O)C2=NN(Cc3ccc(F)cc3)C(=O)CC2)C1. The van der Waals surface area contributed by atoms with Crippen LogP contribution in [0.5, 0.6) is 0 Å². The Morgan fingerprint density at radius 1 is 1.23 bits per heavy atom. The molecule has 1 N–H and O–H groups in total. The number of aliphatic carboxylic acids is 1.